The fraction of sp³-hybridized carbons (Fsp3) is 0.978. The number of rotatable bonds is 89. The number of ether oxygens (including phenoxy) is 2. The summed E-state index contributed by atoms with van der Waals surface area (Å²) in [6.07, 6.45) is 106. The largest absolute Gasteiger partial charge is 0.756 e. The summed E-state index contributed by atoms with van der Waals surface area (Å²) in [6, 6.07) is 0. The molecule has 0 heterocycles. The van der Waals surface area contributed by atoms with Crippen molar-refractivity contribution in [3.8, 4) is 0 Å². The number of hydrogen-bond donors (Lipinski definition) is 0. The summed E-state index contributed by atoms with van der Waals surface area (Å²) in [4.78, 5) is 38.3. The SMILES string of the molecule is CCCCCCCCCCCCCCCCCCCCCCCCCCCCCCCCCCCCCCCCCCC(=O)OC(COC(=O)CCCCCCCCCCCCCCCCCCCCCCCCCCCCCCCCCCCCCCC)COP(=O)([O-])OCC[N+](C)(C)C. The van der Waals surface area contributed by atoms with Crippen molar-refractivity contribution in [2.24, 2.45) is 0 Å². The number of likely N-dealkylation sites (N-methyl/N-ethyl adjacent to an activating group) is 1. The molecule has 10 heteroatoms. The summed E-state index contributed by atoms with van der Waals surface area (Å²) in [5, 5.41) is 0. The van der Waals surface area contributed by atoms with Crippen LogP contribution in [0, 0.1) is 0 Å². The van der Waals surface area contributed by atoms with E-state index in [1.165, 1.54) is 456 Å². The molecule has 0 aromatic heterocycles. The average Bonchev–Trinajstić information content (AvgIpc) is 1.02. The van der Waals surface area contributed by atoms with Gasteiger partial charge in [-0.3, -0.25) is 14.2 Å². The first kappa shape index (κ1) is 100. The first-order valence-corrected chi connectivity index (χ1v) is 47.7. The van der Waals surface area contributed by atoms with E-state index in [1.807, 2.05) is 21.1 Å². The standard InChI is InChI=1S/C91H182NO8P/c1-6-8-10-12-14-16-18-20-22-24-26-28-30-32-34-36-38-40-42-44-45-46-48-50-52-54-56-58-60-62-64-66-68-70-72-74-76-78-80-82-84-91(94)100-89(88-99-101(95,96)98-86-85-92(3,4)5)87-97-90(93)83-81-79-77-75-73-71-69-67-65-63-61-59-57-55-53-51-49-47-43-41-39-37-35-33-31-29-27-25-23-21-19-17-15-13-11-9-7-2/h89H,6-88H2,1-5H3. The summed E-state index contributed by atoms with van der Waals surface area (Å²) in [5.41, 5.74) is 0. The Balaban J connectivity index is 3.80. The highest BCUT2D eigenvalue weighted by molar-refractivity contribution is 7.45. The Hall–Kier alpha value is -0.990. The van der Waals surface area contributed by atoms with Gasteiger partial charge in [0.05, 0.1) is 27.7 Å². The second-order valence-corrected chi connectivity index (χ2v) is 34.8. The molecule has 0 N–H and O–H groups in total. The number of phosphoric acid groups is 1. The van der Waals surface area contributed by atoms with Gasteiger partial charge >= 0.3 is 11.9 Å². The molecule has 2 atom stereocenters. The van der Waals surface area contributed by atoms with Crippen LogP contribution in [0.5, 0.6) is 0 Å². The van der Waals surface area contributed by atoms with Gasteiger partial charge in [-0.15, -0.1) is 0 Å². The van der Waals surface area contributed by atoms with E-state index in [0.29, 0.717) is 17.4 Å². The molecule has 0 fully saturated rings. The highest BCUT2D eigenvalue weighted by Gasteiger charge is 2.22. The zero-order chi connectivity index (χ0) is 73.3. The van der Waals surface area contributed by atoms with Crippen LogP contribution in [-0.4, -0.2) is 70.0 Å². The minimum Gasteiger partial charge on any atom is -0.756 e. The molecular weight excluding hydrogens is 1270 g/mol. The second-order valence-electron chi connectivity index (χ2n) is 33.4. The number of unbranched alkanes of at least 4 members (excludes halogenated alkanes) is 75. The van der Waals surface area contributed by atoms with Gasteiger partial charge in [-0.25, -0.2) is 0 Å². The highest BCUT2D eigenvalue weighted by Crippen LogP contribution is 2.38. The maximum absolute atomic E-state index is 12.9. The van der Waals surface area contributed by atoms with Crippen molar-refractivity contribution in [1.29, 1.82) is 0 Å². The topological polar surface area (TPSA) is 111 Å². The van der Waals surface area contributed by atoms with E-state index in [2.05, 4.69) is 13.8 Å². The average molecular weight is 1450 g/mol. The van der Waals surface area contributed by atoms with E-state index in [9.17, 15) is 19.0 Å². The molecule has 0 aliphatic rings. The normalized spacial score (nSPS) is 12.8. The van der Waals surface area contributed by atoms with Crippen molar-refractivity contribution in [1.82, 2.24) is 0 Å². The maximum Gasteiger partial charge on any atom is 0.306 e. The third-order valence-corrected chi connectivity index (χ3v) is 22.8. The molecule has 604 valence electrons. The van der Waals surface area contributed by atoms with Crippen LogP contribution in [0.3, 0.4) is 0 Å². The van der Waals surface area contributed by atoms with Crippen LogP contribution >= 0.6 is 7.82 Å². The van der Waals surface area contributed by atoms with Crippen LogP contribution in [0.4, 0.5) is 0 Å². The number of quaternary nitrogens is 1. The Kier molecular flexibility index (Phi) is 82.2. The number of phosphoric ester groups is 1. The number of carbonyl (C=O) groups excluding carboxylic acids is 2. The molecule has 101 heavy (non-hydrogen) atoms. The van der Waals surface area contributed by atoms with Gasteiger partial charge in [0.15, 0.2) is 6.10 Å². The van der Waals surface area contributed by atoms with Gasteiger partial charge in [-0.2, -0.15) is 0 Å². The molecule has 9 nitrogen and oxygen atoms in total. The van der Waals surface area contributed by atoms with Gasteiger partial charge in [-0.05, 0) is 12.8 Å². The van der Waals surface area contributed by atoms with Crippen molar-refractivity contribution in [3.05, 3.63) is 0 Å². The molecule has 0 radical (unpaired) electrons. The summed E-state index contributed by atoms with van der Waals surface area (Å²) < 4.78 is 34.5. The Morgan fingerprint density at radius 2 is 0.446 bits per heavy atom. The Morgan fingerprint density at radius 3 is 0.634 bits per heavy atom. The summed E-state index contributed by atoms with van der Waals surface area (Å²) >= 11 is 0. The molecule has 0 spiro atoms. The Morgan fingerprint density at radius 1 is 0.267 bits per heavy atom. The number of hydrogen-bond acceptors (Lipinski definition) is 8. The van der Waals surface area contributed by atoms with Crippen molar-refractivity contribution in [2.75, 3.05) is 47.5 Å². The van der Waals surface area contributed by atoms with Crippen LogP contribution in [-0.2, 0) is 32.7 Å². The molecule has 0 aliphatic heterocycles. The van der Waals surface area contributed by atoms with Gasteiger partial charge < -0.3 is 27.9 Å². The van der Waals surface area contributed by atoms with Gasteiger partial charge in [0, 0.05) is 12.8 Å². The number of carbonyl (C=O) groups is 2. The number of nitrogens with zero attached hydrogens (tertiary/aromatic N) is 1. The quantitative estimate of drug-likeness (QED) is 0.0256. The predicted molar refractivity (Wildman–Crippen MR) is 439 cm³/mol. The van der Waals surface area contributed by atoms with Crippen LogP contribution in [0.2, 0.25) is 0 Å². The Labute approximate surface area is 633 Å². The lowest BCUT2D eigenvalue weighted by atomic mass is 10.0. The molecule has 0 rings (SSSR count). The molecule has 2 unspecified atom stereocenters. The zero-order valence-electron chi connectivity index (χ0n) is 69.4. The molecule has 0 bridgehead atoms. The fourth-order valence-corrected chi connectivity index (χ4v) is 15.6. The first-order valence-electron chi connectivity index (χ1n) is 46.2. The van der Waals surface area contributed by atoms with E-state index in [-0.39, 0.29) is 32.0 Å². The van der Waals surface area contributed by atoms with Gasteiger partial charge in [0.25, 0.3) is 7.82 Å². The van der Waals surface area contributed by atoms with Crippen molar-refractivity contribution in [2.45, 2.75) is 527 Å². The van der Waals surface area contributed by atoms with E-state index < -0.39 is 26.5 Å². The second kappa shape index (κ2) is 83.1. The first-order chi connectivity index (χ1) is 49.5. The van der Waals surface area contributed by atoms with E-state index in [1.54, 1.807) is 0 Å². The molecule has 0 saturated heterocycles. The van der Waals surface area contributed by atoms with Crippen LogP contribution < -0.4 is 4.89 Å². The predicted octanol–water partition coefficient (Wildman–Crippen LogP) is 30.5. The van der Waals surface area contributed by atoms with Crippen LogP contribution in [0.15, 0.2) is 0 Å². The fourth-order valence-electron chi connectivity index (χ4n) is 14.8. The molecule has 0 aromatic rings. The van der Waals surface area contributed by atoms with E-state index in [0.717, 1.165) is 32.1 Å². The van der Waals surface area contributed by atoms with Gasteiger partial charge in [-0.1, -0.05) is 495 Å². The zero-order valence-corrected chi connectivity index (χ0v) is 70.3. The van der Waals surface area contributed by atoms with Crippen LogP contribution in [0.1, 0.15) is 521 Å². The molecule has 0 saturated carbocycles. The molecule has 0 aromatic carbocycles. The third-order valence-electron chi connectivity index (χ3n) is 21.9. The minimum absolute atomic E-state index is 0.0245. The molecular formula is C91H182NO8P. The lowest BCUT2D eigenvalue weighted by molar-refractivity contribution is -0.870. The summed E-state index contributed by atoms with van der Waals surface area (Å²) in [6.45, 7) is 4.36. The van der Waals surface area contributed by atoms with Gasteiger partial charge in [0.2, 0.25) is 0 Å². The third kappa shape index (κ3) is 87.8. The van der Waals surface area contributed by atoms with Crippen molar-refractivity contribution < 1.29 is 42.1 Å². The van der Waals surface area contributed by atoms with Crippen LogP contribution in [0.25, 0.3) is 0 Å². The number of esters is 2. The molecule has 0 amide bonds. The smallest absolute Gasteiger partial charge is 0.306 e. The summed E-state index contributed by atoms with van der Waals surface area (Å²) in [7, 11) is 1.20. The minimum atomic E-state index is -4.64. The lowest BCUT2D eigenvalue weighted by Crippen LogP contribution is -2.37. The molecule has 0 aliphatic carbocycles. The highest BCUT2D eigenvalue weighted by atomic mass is 31.2. The lowest BCUT2D eigenvalue weighted by Gasteiger charge is -2.28. The van der Waals surface area contributed by atoms with Gasteiger partial charge in [0.1, 0.15) is 19.8 Å². The van der Waals surface area contributed by atoms with Crippen molar-refractivity contribution in [3.63, 3.8) is 0 Å². The van der Waals surface area contributed by atoms with E-state index >= 15 is 0 Å². The van der Waals surface area contributed by atoms with E-state index in [4.69, 9.17) is 18.5 Å². The summed E-state index contributed by atoms with van der Waals surface area (Å²) in [5.74, 6) is -0.797. The monoisotopic (exact) mass is 1450 g/mol. The Bertz CT molecular complexity index is 1660. The van der Waals surface area contributed by atoms with Crippen molar-refractivity contribution >= 4 is 19.8 Å². The maximum atomic E-state index is 12.9.